The lowest BCUT2D eigenvalue weighted by Crippen LogP contribution is -2.22. The topological polar surface area (TPSA) is 128 Å². The number of anilines is 1. The number of carbonyl (C=O) groups excluding carboxylic acids is 3. The molecule has 1 amide bonds. The van der Waals surface area contributed by atoms with Crippen LogP contribution in [0.25, 0.3) is 17.0 Å². The number of carboxylic acids is 1. The van der Waals surface area contributed by atoms with E-state index in [-0.39, 0.29) is 22.5 Å². The molecule has 178 valence electrons. The van der Waals surface area contributed by atoms with Crippen LogP contribution in [0, 0.1) is 0 Å². The lowest BCUT2D eigenvalue weighted by atomic mass is 10.1. The largest absolute Gasteiger partial charge is 0.478 e. The predicted octanol–water partition coefficient (Wildman–Crippen LogP) is 3.03. The van der Waals surface area contributed by atoms with Gasteiger partial charge in [-0.1, -0.05) is 18.2 Å². The number of carbonyl (C=O) groups is 4. The summed E-state index contributed by atoms with van der Waals surface area (Å²) in [5, 5.41) is 15.0. The Kier molecular flexibility index (Phi) is 6.20. The minimum atomic E-state index is -1.11. The maximum Gasteiger partial charge on any atom is 0.359 e. The van der Waals surface area contributed by atoms with E-state index in [0.29, 0.717) is 5.56 Å². The van der Waals surface area contributed by atoms with Crippen molar-refractivity contribution in [2.45, 2.75) is 13.0 Å². The van der Waals surface area contributed by atoms with Gasteiger partial charge in [0.15, 0.2) is 5.71 Å². The van der Waals surface area contributed by atoms with Gasteiger partial charge in [0.05, 0.1) is 31.0 Å². The molecule has 0 fully saturated rings. The van der Waals surface area contributed by atoms with Crippen LogP contribution in [0.3, 0.4) is 0 Å². The number of aromatic carboxylic acids is 1. The molecule has 1 aliphatic heterocycles. The molecule has 10 nitrogen and oxygen atoms in total. The van der Waals surface area contributed by atoms with E-state index in [4.69, 9.17) is 14.6 Å². The maximum absolute atomic E-state index is 13.3. The lowest BCUT2D eigenvalue weighted by Gasteiger charge is -2.12. The van der Waals surface area contributed by atoms with Gasteiger partial charge in [-0.2, -0.15) is 10.1 Å². The van der Waals surface area contributed by atoms with Gasteiger partial charge in [-0.3, -0.25) is 4.79 Å². The van der Waals surface area contributed by atoms with Crippen LogP contribution < -0.4 is 5.01 Å². The van der Waals surface area contributed by atoms with Crippen LogP contribution in [0.2, 0.25) is 0 Å². The summed E-state index contributed by atoms with van der Waals surface area (Å²) in [7, 11) is 2.49. The number of ether oxygens (including phenoxy) is 2. The fourth-order valence-corrected chi connectivity index (χ4v) is 3.82. The van der Waals surface area contributed by atoms with Crippen molar-refractivity contribution < 1.29 is 33.8 Å². The molecule has 1 atom stereocenters. The van der Waals surface area contributed by atoms with Gasteiger partial charge in [0.25, 0.3) is 5.91 Å². The number of rotatable bonds is 6. The van der Waals surface area contributed by atoms with Gasteiger partial charge in [0.1, 0.15) is 6.04 Å². The molecule has 0 saturated carbocycles. The number of methoxy groups -OCH3 is 2. The molecule has 0 aliphatic carbocycles. The van der Waals surface area contributed by atoms with Gasteiger partial charge in [0, 0.05) is 22.7 Å². The maximum atomic E-state index is 13.3. The van der Waals surface area contributed by atoms with Crippen molar-refractivity contribution in [3.8, 4) is 0 Å². The number of hydrogen-bond acceptors (Lipinski definition) is 7. The summed E-state index contributed by atoms with van der Waals surface area (Å²) in [6, 6.07) is 12.2. The highest BCUT2D eigenvalue weighted by atomic mass is 16.5. The number of hydrogen-bond donors (Lipinski definition) is 1. The first-order chi connectivity index (χ1) is 16.8. The van der Waals surface area contributed by atoms with E-state index in [1.54, 1.807) is 17.7 Å². The standard InChI is InChI=1S/C25H21N3O7/c1-14(24(32)34-2)27-13-16(18-6-4-5-7-20(18)27)12-19-21(25(33)35-3)26-28(22(19)29)17-10-8-15(9-11-17)23(30)31/h4-14H,1-3H3,(H,30,31)/b19-12-. The Morgan fingerprint density at radius 3 is 2.34 bits per heavy atom. The average Bonchev–Trinajstić information content (AvgIpc) is 3.41. The van der Waals surface area contributed by atoms with E-state index in [1.165, 1.54) is 44.6 Å². The first-order valence-corrected chi connectivity index (χ1v) is 10.5. The summed E-state index contributed by atoms with van der Waals surface area (Å²) in [6.45, 7) is 1.69. The summed E-state index contributed by atoms with van der Waals surface area (Å²) in [5.41, 5.74) is 1.44. The number of carboxylic acid groups (broad SMARTS) is 1. The van der Waals surface area contributed by atoms with Crippen LogP contribution in [-0.4, -0.2) is 53.4 Å². The molecule has 35 heavy (non-hydrogen) atoms. The molecule has 0 saturated heterocycles. The first-order valence-electron chi connectivity index (χ1n) is 10.5. The van der Waals surface area contributed by atoms with Gasteiger partial charge >= 0.3 is 17.9 Å². The molecule has 0 radical (unpaired) electrons. The third-order valence-electron chi connectivity index (χ3n) is 5.65. The zero-order valence-electron chi connectivity index (χ0n) is 19.1. The van der Waals surface area contributed by atoms with Crippen molar-refractivity contribution in [1.29, 1.82) is 0 Å². The van der Waals surface area contributed by atoms with Gasteiger partial charge in [-0.05, 0) is 43.3 Å². The molecule has 1 unspecified atom stereocenters. The number of esters is 2. The van der Waals surface area contributed by atoms with Crippen LogP contribution in [-0.2, 0) is 23.9 Å². The van der Waals surface area contributed by atoms with Gasteiger partial charge < -0.3 is 19.1 Å². The summed E-state index contributed by atoms with van der Waals surface area (Å²) >= 11 is 0. The number of para-hydroxylation sites is 1. The van der Waals surface area contributed by atoms with Crippen molar-refractivity contribution in [3.05, 3.63) is 71.4 Å². The number of benzene rings is 2. The highest BCUT2D eigenvalue weighted by Gasteiger charge is 2.36. The number of aromatic nitrogens is 1. The van der Waals surface area contributed by atoms with Gasteiger partial charge in [-0.15, -0.1) is 0 Å². The number of hydrazone groups is 1. The molecule has 3 aromatic rings. The molecule has 0 spiro atoms. The van der Waals surface area contributed by atoms with Gasteiger partial charge in [0.2, 0.25) is 0 Å². The summed E-state index contributed by atoms with van der Waals surface area (Å²) in [5.74, 6) is -2.94. The zero-order chi connectivity index (χ0) is 25.3. The van der Waals surface area contributed by atoms with E-state index in [2.05, 4.69) is 5.10 Å². The highest BCUT2D eigenvalue weighted by Crippen LogP contribution is 2.30. The smallest absolute Gasteiger partial charge is 0.359 e. The Morgan fingerprint density at radius 2 is 1.71 bits per heavy atom. The monoisotopic (exact) mass is 475 g/mol. The minimum absolute atomic E-state index is 0.00668. The second kappa shape index (κ2) is 9.26. The van der Waals surface area contributed by atoms with Crippen molar-refractivity contribution in [2.24, 2.45) is 5.10 Å². The molecular weight excluding hydrogens is 454 g/mol. The first kappa shape index (κ1) is 23.4. The third kappa shape index (κ3) is 4.17. The van der Waals surface area contributed by atoms with Crippen molar-refractivity contribution in [2.75, 3.05) is 19.2 Å². The van der Waals surface area contributed by atoms with Crippen LogP contribution in [0.1, 0.15) is 28.9 Å². The molecule has 2 aromatic carbocycles. The predicted molar refractivity (Wildman–Crippen MR) is 127 cm³/mol. The van der Waals surface area contributed by atoms with E-state index >= 15 is 0 Å². The van der Waals surface area contributed by atoms with Crippen LogP contribution in [0.5, 0.6) is 0 Å². The molecule has 10 heteroatoms. The van der Waals surface area contributed by atoms with Crippen LogP contribution in [0.15, 0.2) is 65.4 Å². The quantitative estimate of drug-likeness (QED) is 0.429. The van der Waals surface area contributed by atoms with E-state index in [0.717, 1.165) is 15.9 Å². The average molecular weight is 475 g/mol. The Morgan fingerprint density at radius 1 is 1.03 bits per heavy atom. The fourth-order valence-electron chi connectivity index (χ4n) is 3.82. The Bertz CT molecular complexity index is 1420. The fraction of sp³-hybridized carbons (Fsp3) is 0.160. The molecule has 4 rings (SSSR count). The molecule has 1 aliphatic rings. The zero-order valence-corrected chi connectivity index (χ0v) is 19.1. The molecular formula is C25H21N3O7. The summed E-state index contributed by atoms with van der Waals surface area (Å²) in [4.78, 5) is 49.1. The second-order valence-corrected chi connectivity index (χ2v) is 7.68. The van der Waals surface area contributed by atoms with Crippen LogP contribution >= 0.6 is 0 Å². The third-order valence-corrected chi connectivity index (χ3v) is 5.65. The highest BCUT2D eigenvalue weighted by molar-refractivity contribution is 6.54. The van der Waals surface area contributed by atoms with Gasteiger partial charge in [-0.25, -0.2) is 14.4 Å². The molecule has 2 heterocycles. The lowest BCUT2D eigenvalue weighted by molar-refractivity contribution is -0.143. The Labute approximate surface area is 199 Å². The summed E-state index contributed by atoms with van der Waals surface area (Å²) < 4.78 is 11.4. The van der Waals surface area contributed by atoms with E-state index in [1.807, 2.05) is 24.3 Å². The Hall–Kier alpha value is -4.73. The van der Waals surface area contributed by atoms with Crippen molar-refractivity contribution in [3.63, 3.8) is 0 Å². The molecule has 0 bridgehead atoms. The van der Waals surface area contributed by atoms with Crippen LogP contribution in [0.4, 0.5) is 5.69 Å². The van der Waals surface area contributed by atoms with E-state index in [9.17, 15) is 19.2 Å². The SMILES string of the molecule is COC(=O)C1=NN(c2ccc(C(=O)O)cc2)C(=O)/C1=C\c1cn(C(C)C(=O)OC)c2ccccc12. The summed E-state index contributed by atoms with van der Waals surface area (Å²) in [6.07, 6.45) is 3.22. The number of amides is 1. The van der Waals surface area contributed by atoms with Crippen molar-refractivity contribution in [1.82, 2.24) is 4.57 Å². The second-order valence-electron chi connectivity index (χ2n) is 7.68. The molecule has 1 aromatic heterocycles. The number of fused-ring (bicyclic) bond motifs is 1. The minimum Gasteiger partial charge on any atom is -0.478 e. The number of nitrogens with zero attached hydrogens (tertiary/aromatic N) is 3. The van der Waals surface area contributed by atoms with E-state index < -0.39 is 29.9 Å². The molecule has 1 N–H and O–H groups in total. The normalized spacial score (nSPS) is 15.3. The van der Waals surface area contributed by atoms with Crippen molar-refractivity contribution >= 4 is 52.2 Å². The Balaban J connectivity index is 1.82.